The molecule has 0 saturated heterocycles. The van der Waals surface area contributed by atoms with Gasteiger partial charge in [0.25, 0.3) is 0 Å². The van der Waals surface area contributed by atoms with E-state index >= 15 is 0 Å². The van der Waals surface area contributed by atoms with Crippen LogP contribution >= 0.6 is 0 Å². The van der Waals surface area contributed by atoms with E-state index in [0.717, 1.165) is 10.9 Å². The summed E-state index contributed by atoms with van der Waals surface area (Å²) < 4.78 is 6.45. The van der Waals surface area contributed by atoms with Gasteiger partial charge < -0.3 is 8.97 Å². The molecule has 1 aromatic heterocycles. The number of carbonyl (C=O) groups excluding carboxylic acids is 1. The lowest BCUT2D eigenvalue weighted by Gasteiger charge is -2.00. The molecule has 0 aliphatic carbocycles. The summed E-state index contributed by atoms with van der Waals surface area (Å²) in [4.78, 5) is 11.2. The van der Waals surface area contributed by atoms with Gasteiger partial charge in [0, 0.05) is 5.52 Å². The topological polar surface area (TPSA) is 31.2 Å². The first-order valence-electron chi connectivity index (χ1n) is 4.13. The normalized spacial score (nSPS) is 10.4. The lowest BCUT2D eigenvalue weighted by atomic mass is 10.1. The summed E-state index contributed by atoms with van der Waals surface area (Å²) >= 11 is 0. The molecule has 1 heterocycles. The third-order valence-corrected chi connectivity index (χ3v) is 2.50. The Morgan fingerprint density at radius 2 is 2.21 bits per heavy atom. The standard InChI is InChI=1S/C10H8NO2Si/c1-13-10(12)8-2-3-9-7(6-8)4-5-11(9)14/h2-6H,1H3. The molecule has 0 amide bonds. The van der Waals surface area contributed by atoms with E-state index in [4.69, 9.17) is 0 Å². The highest BCUT2D eigenvalue weighted by molar-refractivity contribution is 6.11. The molecule has 0 atom stereocenters. The van der Waals surface area contributed by atoms with E-state index < -0.39 is 0 Å². The van der Waals surface area contributed by atoms with Gasteiger partial charge in [-0.2, -0.15) is 0 Å². The molecule has 0 N–H and O–H groups in total. The van der Waals surface area contributed by atoms with Crippen molar-refractivity contribution >= 4 is 27.3 Å². The van der Waals surface area contributed by atoms with Crippen molar-refractivity contribution in [1.29, 1.82) is 0 Å². The number of ether oxygens (including phenoxy) is 1. The first kappa shape index (κ1) is 9.02. The van der Waals surface area contributed by atoms with Crippen molar-refractivity contribution in [3.8, 4) is 0 Å². The molecule has 3 nitrogen and oxygen atoms in total. The largest absolute Gasteiger partial charge is 0.465 e. The third kappa shape index (κ3) is 1.33. The van der Waals surface area contributed by atoms with E-state index in [2.05, 4.69) is 15.1 Å². The summed E-state index contributed by atoms with van der Waals surface area (Å²) in [7, 11) is 4.77. The van der Waals surface area contributed by atoms with Gasteiger partial charge in [-0.25, -0.2) is 4.79 Å². The SMILES string of the molecule is COC(=O)c1ccc2c(ccn2[Si])c1. The van der Waals surface area contributed by atoms with Crippen LogP contribution in [0.1, 0.15) is 10.4 Å². The average molecular weight is 202 g/mol. The first-order valence-corrected chi connectivity index (χ1v) is 4.58. The fraction of sp³-hybridized carbons (Fsp3) is 0.100. The van der Waals surface area contributed by atoms with Gasteiger partial charge in [-0.15, -0.1) is 0 Å². The van der Waals surface area contributed by atoms with Gasteiger partial charge in [0.05, 0.1) is 12.7 Å². The zero-order valence-electron chi connectivity index (χ0n) is 7.65. The molecule has 4 heteroatoms. The molecule has 2 aromatic rings. The molecule has 69 valence electrons. The van der Waals surface area contributed by atoms with Gasteiger partial charge >= 0.3 is 5.97 Å². The van der Waals surface area contributed by atoms with E-state index in [1.807, 2.05) is 22.6 Å². The Morgan fingerprint density at radius 3 is 2.93 bits per heavy atom. The van der Waals surface area contributed by atoms with Crippen molar-refractivity contribution in [2.45, 2.75) is 0 Å². The number of rotatable bonds is 1. The second kappa shape index (κ2) is 3.30. The van der Waals surface area contributed by atoms with E-state index in [1.165, 1.54) is 7.11 Å². The van der Waals surface area contributed by atoms with Crippen LogP contribution in [0.5, 0.6) is 0 Å². The number of fused-ring (bicyclic) bond motifs is 1. The van der Waals surface area contributed by atoms with Crippen molar-refractivity contribution in [3.05, 3.63) is 36.0 Å². The van der Waals surface area contributed by atoms with Crippen LogP contribution < -0.4 is 0 Å². The number of esters is 1. The van der Waals surface area contributed by atoms with Gasteiger partial charge in [-0.1, -0.05) is 0 Å². The lowest BCUT2D eigenvalue weighted by Crippen LogP contribution is -2.00. The second-order valence-electron chi connectivity index (χ2n) is 2.95. The Bertz CT molecular complexity index is 490. The van der Waals surface area contributed by atoms with E-state index in [0.29, 0.717) is 5.56 Å². The van der Waals surface area contributed by atoms with Gasteiger partial charge in [-0.3, -0.25) is 0 Å². The highest BCUT2D eigenvalue weighted by Gasteiger charge is 2.06. The molecule has 0 spiro atoms. The summed E-state index contributed by atoms with van der Waals surface area (Å²) in [5.74, 6) is -0.311. The Labute approximate surface area is 84.8 Å². The smallest absolute Gasteiger partial charge is 0.337 e. The van der Waals surface area contributed by atoms with E-state index in [-0.39, 0.29) is 5.97 Å². The molecule has 0 aliphatic heterocycles. The van der Waals surface area contributed by atoms with Gasteiger partial charge in [0.15, 0.2) is 10.4 Å². The van der Waals surface area contributed by atoms with Gasteiger partial charge in [0.1, 0.15) is 0 Å². The predicted molar refractivity (Wildman–Crippen MR) is 54.4 cm³/mol. The molecule has 0 fully saturated rings. The number of hydrogen-bond donors (Lipinski definition) is 0. The maximum Gasteiger partial charge on any atom is 0.337 e. The van der Waals surface area contributed by atoms with Crippen LogP contribution in [-0.4, -0.2) is 27.7 Å². The summed E-state index contributed by atoms with van der Waals surface area (Å²) in [6.07, 6.45) is 1.88. The minimum absolute atomic E-state index is 0.311. The molecular weight excluding hydrogens is 194 g/mol. The van der Waals surface area contributed by atoms with Crippen LogP contribution in [0.15, 0.2) is 30.5 Å². The Morgan fingerprint density at radius 1 is 1.43 bits per heavy atom. The van der Waals surface area contributed by atoms with Crippen LogP contribution in [0.3, 0.4) is 0 Å². The molecule has 2 rings (SSSR count). The van der Waals surface area contributed by atoms with Crippen LogP contribution in [0.2, 0.25) is 0 Å². The quantitative estimate of drug-likeness (QED) is 0.516. The Balaban J connectivity index is 2.57. The second-order valence-corrected chi connectivity index (χ2v) is 3.43. The van der Waals surface area contributed by atoms with Crippen LogP contribution in [0, 0.1) is 0 Å². The monoisotopic (exact) mass is 202 g/mol. The average Bonchev–Trinajstić information content (AvgIpc) is 2.59. The molecule has 0 unspecified atom stereocenters. The minimum atomic E-state index is -0.311. The molecule has 3 radical (unpaired) electrons. The fourth-order valence-corrected chi connectivity index (χ4v) is 1.67. The highest BCUT2D eigenvalue weighted by atomic mass is 28.2. The van der Waals surface area contributed by atoms with Crippen LogP contribution in [0.4, 0.5) is 0 Å². The minimum Gasteiger partial charge on any atom is -0.465 e. The first-order chi connectivity index (χ1) is 6.72. The number of hydrogen-bond acceptors (Lipinski definition) is 2. The fourth-order valence-electron chi connectivity index (χ4n) is 1.39. The molecular formula is C10H8NO2Si. The summed E-state index contributed by atoms with van der Waals surface area (Å²) in [5, 5.41) is 1.00. The zero-order valence-corrected chi connectivity index (χ0v) is 8.65. The van der Waals surface area contributed by atoms with Crippen molar-refractivity contribution in [1.82, 2.24) is 4.23 Å². The number of methoxy groups -OCH3 is 1. The van der Waals surface area contributed by atoms with Crippen LogP contribution in [-0.2, 0) is 4.74 Å². The number of nitrogens with zero attached hydrogens (tertiary/aromatic N) is 1. The van der Waals surface area contributed by atoms with E-state index in [1.54, 1.807) is 12.1 Å². The van der Waals surface area contributed by atoms with E-state index in [9.17, 15) is 4.79 Å². The Kier molecular flexibility index (Phi) is 2.13. The van der Waals surface area contributed by atoms with Crippen molar-refractivity contribution in [2.75, 3.05) is 7.11 Å². The number of carbonyl (C=O) groups is 1. The summed E-state index contributed by atoms with van der Waals surface area (Å²) in [6, 6.07) is 7.34. The number of aromatic nitrogens is 1. The molecule has 1 aromatic carbocycles. The zero-order chi connectivity index (χ0) is 10.1. The van der Waals surface area contributed by atoms with Gasteiger partial charge in [0.2, 0.25) is 0 Å². The van der Waals surface area contributed by atoms with Crippen molar-refractivity contribution < 1.29 is 9.53 Å². The predicted octanol–water partition coefficient (Wildman–Crippen LogP) is 1.36. The van der Waals surface area contributed by atoms with Crippen molar-refractivity contribution in [2.24, 2.45) is 0 Å². The lowest BCUT2D eigenvalue weighted by molar-refractivity contribution is 0.0601. The molecule has 0 saturated carbocycles. The molecule has 0 aliphatic rings. The maximum absolute atomic E-state index is 11.2. The molecule has 14 heavy (non-hydrogen) atoms. The highest BCUT2D eigenvalue weighted by Crippen LogP contribution is 2.16. The summed E-state index contributed by atoms with van der Waals surface area (Å²) in [6.45, 7) is 0. The van der Waals surface area contributed by atoms with Crippen LogP contribution in [0.25, 0.3) is 10.9 Å². The van der Waals surface area contributed by atoms with Crippen molar-refractivity contribution in [3.63, 3.8) is 0 Å². The molecule has 0 bridgehead atoms. The summed E-state index contributed by atoms with van der Waals surface area (Å²) in [5.41, 5.74) is 1.59. The third-order valence-electron chi connectivity index (χ3n) is 2.11. The Hall–Kier alpha value is -1.55. The number of benzene rings is 1. The maximum atomic E-state index is 11.2. The van der Waals surface area contributed by atoms with Gasteiger partial charge in [-0.05, 0) is 35.8 Å².